The van der Waals surface area contributed by atoms with E-state index in [0.717, 1.165) is 6.42 Å². The Morgan fingerprint density at radius 1 is 1.76 bits per heavy atom. The van der Waals surface area contributed by atoms with Gasteiger partial charge in [0.1, 0.15) is 7.81 Å². The molecule has 0 bridgehead atoms. The number of hydrogen-bond donors (Lipinski definition) is 0. The van der Waals surface area contributed by atoms with E-state index in [2.05, 4.69) is 0 Å². The van der Waals surface area contributed by atoms with Gasteiger partial charge in [0.15, 0.2) is 0 Å². The summed E-state index contributed by atoms with van der Waals surface area (Å²) in [5, 5.41) is 2.02. The highest BCUT2D eigenvalue weighted by Gasteiger charge is 2.28. The van der Waals surface area contributed by atoms with E-state index < -0.39 is 0 Å². The van der Waals surface area contributed by atoms with Gasteiger partial charge < -0.3 is 9.64 Å². The molecule has 0 unspecified atom stereocenters. The standard InChI is InChI=1S/C12H15BNO2S/c13-5-6-14-10(3-4-12(14)15)8-16-9-11-2-1-7-17-11/h1-2,5-7,10,13H,3-4,8-9H2/t10-/m1/s1/i13D. The van der Waals surface area contributed by atoms with Gasteiger partial charge in [-0.25, -0.2) is 0 Å². The van der Waals surface area contributed by atoms with Crippen LogP contribution >= 0.6 is 11.3 Å². The molecule has 0 spiro atoms. The molecule has 2 heterocycles. The molecule has 1 aliphatic rings. The van der Waals surface area contributed by atoms with E-state index in [-0.39, 0.29) is 11.9 Å². The number of ether oxygens (including phenoxy) is 1. The first-order valence-electron chi connectivity index (χ1n) is 6.18. The molecule has 1 aromatic rings. The third kappa shape index (κ3) is 3.20. The van der Waals surface area contributed by atoms with Crippen LogP contribution in [0.5, 0.6) is 0 Å². The summed E-state index contributed by atoms with van der Waals surface area (Å²) in [6.45, 7) is 1.15. The van der Waals surface area contributed by atoms with E-state index in [1.807, 2.05) is 17.5 Å². The summed E-state index contributed by atoms with van der Waals surface area (Å²) in [4.78, 5) is 14.5. The van der Waals surface area contributed by atoms with Crippen LogP contribution in [0, 0.1) is 0 Å². The largest absolute Gasteiger partial charge is 0.374 e. The smallest absolute Gasteiger partial charge is 0.226 e. The normalized spacial score (nSPS) is 21.2. The number of hydrogen-bond acceptors (Lipinski definition) is 3. The van der Waals surface area contributed by atoms with Crippen molar-refractivity contribution in [2.24, 2.45) is 0 Å². The molecule has 17 heavy (non-hydrogen) atoms. The van der Waals surface area contributed by atoms with Crippen molar-refractivity contribution in [3.8, 4) is 0 Å². The average Bonchev–Trinajstić information content (AvgIpc) is 2.98. The van der Waals surface area contributed by atoms with Crippen LogP contribution in [-0.4, -0.2) is 32.6 Å². The lowest BCUT2D eigenvalue weighted by molar-refractivity contribution is -0.127. The molecule has 2 rings (SSSR count). The van der Waals surface area contributed by atoms with Crippen molar-refractivity contribution in [2.75, 3.05) is 6.61 Å². The lowest BCUT2D eigenvalue weighted by Gasteiger charge is -2.20. The molecule has 1 fully saturated rings. The molecule has 0 N–H and O–H groups in total. The number of rotatable bonds is 6. The molecule has 0 aromatic carbocycles. The first kappa shape index (κ1) is 11.0. The fourth-order valence-corrected chi connectivity index (χ4v) is 2.55. The Labute approximate surface area is 108 Å². The van der Waals surface area contributed by atoms with Crippen molar-refractivity contribution < 1.29 is 9.53 Å². The maximum absolute atomic E-state index is 11.6. The molecule has 1 aliphatic heterocycles. The third-order valence-electron chi connectivity index (χ3n) is 2.75. The molecule has 89 valence electrons. The van der Waals surface area contributed by atoms with Crippen LogP contribution in [0.2, 0.25) is 0 Å². The van der Waals surface area contributed by atoms with Crippen molar-refractivity contribution in [1.82, 2.24) is 4.90 Å². The first-order chi connectivity index (χ1) is 8.81. The summed E-state index contributed by atoms with van der Waals surface area (Å²) < 4.78 is 12.6. The van der Waals surface area contributed by atoms with Gasteiger partial charge >= 0.3 is 0 Å². The van der Waals surface area contributed by atoms with Crippen LogP contribution in [0.1, 0.15) is 17.7 Å². The number of thiophene rings is 1. The van der Waals surface area contributed by atoms with E-state index in [9.17, 15) is 4.79 Å². The predicted octanol–water partition coefficient (Wildman–Crippen LogP) is 1.63. The predicted molar refractivity (Wildman–Crippen MR) is 70.1 cm³/mol. The highest BCUT2D eigenvalue weighted by atomic mass is 32.1. The van der Waals surface area contributed by atoms with Crippen LogP contribution in [0.15, 0.2) is 29.7 Å². The highest BCUT2D eigenvalue weighted by molar-refractivity contribution is 7.09. The summed E-state index contributed by atoms with van der Waals surface area (Å²) in [5.41, 5.74) is 0. The fraction of sp³-hybridized carbons (Fsp3) is 0.417. The van der Waals surface area contributed by atoms with Crippen LogP contribution in [0.4, 0.5) is 0 Å². The molecular weight excluding hydrogens is 233 g/mol. The molecule has 1 amide bonds. The van der Waals surface area contributed by atoms with E-state index in [1.54, 1.807) is 28.4 Å². The second-order valence-electron chi connectivity index (χ2n) is 3.93. The molecule has 1 atom stereocenters. The van der Waals surface area contributed by atoms with Crippen molar-refractivity contribution in [2.45, 2.75) is 25.5 Å². The molecule has 0 aliphatic carbocycles. The second-order valence-corrected chi connectivity index (χ2v) is 4.96. The van der Waals surface area contributed by atoms with Crippen molar-refractivity contribution in [3.63, 3.8) is 0 Å². The summed E-state index contributed by atoms with van der Waals surface area (Å²) in [6.07, 6.45) is 3.06. The van der Waals surface area contributed by atoms with E-state index in [1.165, 1.54) is 12.7 Å². The third-order valence-corrected chi connectivity index (χ3v) is 3.60. The Balaban J connectivity index is 1.80. The molecule has 1 aromatic heterocycles. The Bertz CT molecular complexity index is 410. The van der Waals surface area contributed by atoms with Crippen molar-refractivity contribution in [1.29, 1.82) is 1.34 Å². The Morgan fingerprint density at radius 3 is 3.47 bits per heavy atom. The number of amides is 1. The van der Waals surface area contributed by atoms with Crippen molar-refractivity contribution >= 4 is 25.1 Å². The molecule has 0 saturated carbocycles. The van der Waals surface area contributed by atoms with Gasteiger partial charge in [0.25, 0.3) is 0 Å². The maximum atomic E-state index is 11.6. The number of carbonyl (C=O) groups is 1. The summed E-state index contributed by atoms with van der Waals surface area (Å²) in [7, 11) is 1.18. The number of nitrogens with zero attached hydrogens (tertiary/aromatic N) is 1. The van der Waals surface area contributed by atoms with Gasteiger partial charge in [-0.15, -0.1) is 17.3 Å². The summed E-state index contributed by atoms with van der Waals surface area (Å²) >= 11 is 1.67. The van der Waals surface area contributed by atoms with Gasteiger partial charge in [-0.05, 0) is 25.4 Å². The highest BCUT2D eigenvalue weighted by Crippen LogP contribution is 2.20. The van der Waals surface area contributed by atoms with E-state index >= 15 is 0 Å². The molecule has 1 radical (unpaired) electrons. The quantitative estimate of drug-likeness (QED) is 0.717. The SMILES string of the molecule is [2H][B]C=CN1C(=O)CC[C@@H]1COCc1cccs1. The van der Waals surface area contributed by atoms with Crippen LogP contribution in [0.3, 0.4) is 0 Å². The van der Waals surface area contributed by atoms with E-state index in [0.29, 0.717) is 19.6 Å². The zero-order chi connectivity index (χ0) is 12.8. The van der Waals surface area contributed by atoms with E-state index in [4.69, 9.17) is 6.07 Å². The lowest BCUT2D eigenvalue weighted by atomic mass is 10.1. The monoisotopic (exact) mass is 249 g/mol. The van der Waals surface area contributed by atoms with Crippen LogP contribution < -0.4 is 0 Å². The molecule has 5 heteroatoms. The second kappa shape index (κ2) is 6.03. The minimum absolute atomic E-state index is 0.105. The van der Waals surface area contributed by atoms with Gasteiger partial charge in [0.2, 0.25) is 5.91 Å². The Morgan fingerprint density at radius 2 is 2.71 bits per heavy atom. The lowest BCUT2D eigenvalue weighted by Crippen LogP contribution is -2.31. The van der Waals surface area contributed by atoms with Crippen LogP contribution in [0.25, 0.3) is 0 Å². The topological polar surface area (TPSA) is 29.5 Å². The van der Waals surface area contributed by atoms with Gasteiger partial charge in [-0.1, -0.05) is 6.07 Å². The Hall–Kier alpha value is -1.07. The summed E-state index contributed by atoms with van der Waals surface area (Å²) in [6, 6.07) is 4.15. The van der Waals surface area contributed by atoms with Crippen molar-refractivity contribution in [3.05, 3.63) is 34.6 Å². The number of carbonyl (C=O) groups excluding carboxylic acids is 1. The van der Waals surface area contributed by atoms with Gasteiger partial charge in [0.05, 0.1) is 19.3 Å². The zero-order valence-corrected chi connectivity index (χ0v) is 10.4. The van der Waals surface area contributed by atoms with Crippen LogP contribution in [-0.2, 0) is 16.1 Å². The minimum Gasteiger partial charge on any atom is -0.374 e. The zero-order valence-electron chi connectivity index (χ0n) is 10.5. The first-order valence-corrected chi connectivity index (χ1v) is 6.49. The van der Waals surface area contributed by atoms with Gasteiger partial charge in [-0.2, -0.15) is 0 Å². The van der Waals surface area contributed by atoms with Gasteiger partial charge in [-0.3, -0.25) is 4.79 Å². The maximum Gasteiger partial charge on any atom is 0.226 e. The molecule has 3 nitrogen and oxygen atoms in total. The molecule has 1 saturated heterocycles. The fourth-order valence-electron chi connectivity index (χ4n) is 1.91. The summed E-state index contributed by atoms with van der Waals surface area (Å²) in [5.74, 6) is 1.67. The number of likely N-dealkylation sites (tertiary alicyclic amines) is 1. The minimum atomic E-state index is 0.105. The van der Waals surface area contributed by atoms with Gasteiger partial charge in [0, 0.05) is 11.3 Å². The average molecular weight is 249 g/mol. The molecular formula is C12H15BNO2S. The Kier molecular flexibility index (Phi) is 3.92.